The summed E-state index contributed by atoms with van der Waals surface area (Å²) in [5.41, 5.74) is 10.6. The highest BCUT2D eigenvalue weighted by molar-refractivity contribution is 7.08. The average Bonchev–Trinajstić information content (AvgIpc) is 3.08. The molecule has 0 aliphatic heterocycles. The first kappa shape index (κ1) is 17.0. The van der Waals surface area contributed by atoms with Gasteiger partial charge in [0.05, 0.1) is 23.1 Å². The zero-order chi connectivity index (χ0) is 18.0. The molecule has 25 heavy (non-hydrogen) atoms. The lowest BCUT2D eigenvalue weighted by Crippen LogP contribution is -2.39. The van der Waals surface area contributed by atoms with Gasteiger partial charge in [0.25, 0.3) is 0 Å². The number of aromatic nitrogens is 1. The van der Waals surface area contributed by atoms with E-state index in [2.05, 4.69) is 15.7 Å². The molecule has 3 rings (SSSR count). The molecule has 0 aliphatic rings. The number of nitrogen functional groups attached to an aromatic ring is 1. The van der Waals surface area contributed by atoms with Crippen molar-refractivity contribution < 1.29 is 9.90 Å². The third-order valence-corrected chi connectivity index (χ3v) is 4.72. The second kappa shape index (κ2) is 6.57. The first-order chi connectivity index (χ1) is 11.9. The molecule has 128 valence electrons. The van der Waals surface area contributed by atoms with Gasteiger partial charge in [-0.15, -0.1) is 0 Å². The van der Waals surface area contributed by atoms with Crippen LogP contribution in [0.25, 0.3) is 22.4 Å². The molecule has 0 saturated heterocycles. The number of nitrogens with zero attached hydrogens (tertiary/aromatic N) is 1. The number of rotatable bonds is 4. The van der Waals surface area contributed by atoms with Crippen LogP contribution in [0.4, 0.5) is 10.5 Å². The summed E-state index contributed by atoms with van der Waals surface area (Å²) in [4.78, 5) is 15.5. The van der Waals surface area contributed by atoms with E-state index < -0.39 is 11.6 Å². The van der Waals surface area contributed by atoms with Gasteiger partial charge in [-0.3, -0.25) is 4.98 Å². The highest BCUT2D eigenvalue weighted by Crippen LogP contribution is 2.33. The Bertz CT molecular complexity index is 888. The van der Waals surface area contributed by atoms with Crippen molar-refractivity contribution in [1.29, 1.82) is 0 Å². The molecular weight excluding hydrogens is 334 g/mol. The maximum absolute atomic E-state index is 11.0. The maximum Gasteiger partial charge on any atom is 0.405 e. The molecule has 4 N–H and O–H groups in total. The molecule has 0 fully saturated rings. The summed E-state index contributed by atoms with van der Waals surface area (Å²) in [6.45, 7) is 3.66. The molecule has 0 unspecified atom stereocenters. The minimum absolute atomic E-state index is 0.619. The number of hydrogen-bond donors (Lipinski definition) is 3. The summed E-state index contributed by atoms with van der Waals surface area (Å²) in [6.07, 6.45) is 0.601. The van der Waals surface area contributed by atoms with Crippen LogP contribution in [-0.4, -0.2) is 16.2 Å². The van der Waals surface area contributed by atoms with Crippen molar-refractivity contribution >= 4 is 23.1 Å². The van der Waals surface area contributed by atoms with Crippen LogP contribution in [-0.2, 0) is 5.54 Å². The Morgan fingerprint density at radius 1 is 1.20 bits per heavy atom. The van der Waals surface area contributed by atoms with Crippen LogP contribution in [0.5, 0.6) is 0 Å². The second-order valence-corrected chi connectivity index (χ2v) is 7.09. The smallest absolute Gasteiger partial charge is 0.405 e. The fourth-order valence-corrected chi connectivity index (χ4v) is 3.39. The van der Waals surface area contributed by atoms with E-state index in [9.17, 15) is 4.79 Å². The van der Waals surface area contributed by atoms with E-state index in [1.807, 2.05) is 55.6 Å². The van der Waals surface area contributed by atoms with Gasteiger partial charge in [0, 0.05) is 11.1 Å². The normalized spacial score (nSPS) is 11.3. The van der Waals surface area contributed by atoms with E-state index in [0.29, 0.717) is 5.69 Å². The molecule has 0 saturated carbocycles. The Balaban J connectivity index is 2.00. The van der Waals surface area contributed by atoms with Crippen molar-refractivity contribution in [3.63, 3.8) is 0 Å². The molecule has 2 aromatic heterocycles. The molecule has 6 heteroatoms. The molecular formula is C19H19N3O2S. The fourth-order valence-electron chi connectivity index (χ4n) is 2.73. The van der Waals surface area contributed by atoms with Gasteiger partial charge in [-0.1, -0.05) is 24.3 Å². The molecule has 3 aromatic rings. The predicted octanol–water partition coefficient (Wildman–Crippen LogP) is 4.56. The van der Waals surface area contributed by atoms with Gasteiger partial charge in [-0.25, -0.2) is 4.79 Å². The monoisotopic (exact) mass is 353 g/mol. The van der Waals surface area contributed by atoms with Crippen molar-refractivity contribution in [2.75, 3.05) is 5.73 Å². The lowest BCUT2D eigenvalue weighted by atomic mass is 9.92. The van der Waals surface area contributed by atoms with Crippen molar-refractivity contribution in [2.45, 2.75) is 19.4 Å². The van der Waals surface area contributed by atoms with Crippen molar-refractivity contribution in [2.24, 2.45) is 0 Å². The molecule has 0 bridgehead atoms. The van der Waals surface area contributed by atoms with Crippen LogP contribution in [0.3, 0.4) is 0 Å². The maximum atomic E-state index is 11.0. The number of carboxylic acid groups (broad SMARTS) is 1. The van der Waals surface area contributed by atoms with Gasteiger partial charge in [0.2, 0.25) is 0 Å². The first-order valence-electron chi connectivity index (χ1n) is 7.77. The summed E-state index contributed by atoms with van der Waals surface area (Å²) in [5.74, 6) is 0. The lowest BCUT2D eigenvalue weighted by Gasteiger charge is -2.25. The highest BCUT2D eigenvalue weighted by atomic mass is 32.1. The average molecular weight is 353 g/mol. The highest BCUT2D eigenvalue weighted by Gasteiger charge is 2.22. The predicted molar refractivity (Wildman–Crippen MR) is 102 cm³/mol. The topological polar surface area (TPSA) is 88.2 Å². The Morgan fingerprint density at radius 3 is 2.52 bits per heavy atom. The standard InChI is InChI=1S/C19H19N3O2S/c1-19(2,22-18(23)24)14-5-3-12(4-6-14)17-16(9-15(20)10-21-17)13-7-8-25-11-13/h3-11,22H,20H2,1-2H3,(H,23,24). The third-order valence-electron chi connectivity index (χ3n) is 4.04. The number of benzene rings is 1. The van der Waals surface area contributed by atoms with Crippen molar-refractivity contribution in [3.8, 4) is 22.4 Å². The van der Waals surface area contributed by atoms with Gasteiger partial charge >= 0.3 is 6.09 Å². The fraction of sp³-hybridized carbons (Fsp3) is 0.158. The quantitative estimate of drug-likeness (QED) is 0.641. The number of pyridine rings is 1. The van der Waals surface area contributed by atoms with Crippen LogP contribution < -0.4 is 11.1 Å². The zero-order valence-corrected chi connectivity index (χ0v) is 14.8. The summed E-state index contributed by atoms with van der Waals surface area (Å²) in [5, 5.41) is 15.6. The summed E-state index contributed by atoms with van der Waals surface area (Å²) >= 11 is 1.62. The van der Waals surface area contributed by atoms with E-state index in [-0.39, 0.29) is 0 Å². The van der Waals surface area contributed by atoms with E-state index >= 15 is 0 Å². The SMILES string of the molecule is CC(C)(NC(=O)O)c1ccc(-c2ncc(N)cc2-c2ccsc2)cc1. The Labute approximate surface area is 150 Å². The number of nitrogens with one attached hydrogen (secondary N) is 1. The number of amides is 1. The van der Waals surface area contributed by atoms with E-state index in [0.717, 1.165) is 27.9 Å². The molecule has 1 amide bonds. The molecule has 2 heterocycles. The minimum atomic E-state index is -1.05. The first-order valence-corrected chi connectivity index (χ1v) is 8.71. The minimum Gasteiger partial charge on any atom is -0.465 e. The van der Waals surface area contributed by atoms with E-state index in [1.165, 1.54) is 0 Å². The number of thiophene rings is 1. The zero-order valence-electron chi connectivity index (χ0n) is 14.0. The Hall–Kier alpha value is -2.86. The van der Waals surface area contributed by atoms with Crippen molar-refractivity contribution in [3.05, 3.63) is 58.9 Å². The van der Waals surface area contributed by atoms with Gasteiger partial charge < -0.3 is 16.2 Å². The molecule has 0 spiro atoms. The molecule has 5 nitrogen and oxygen atoms in total. The van der Waals surface area contributed by atoms with E-state index in [1.54, 1.807) is 17.5 Å². The van der Waals surface area contributed by atoms with Gasteiger partial charge in [-0.2, -0.15) is 11.3 Å². The van der Waals surface area contributed by atoms with Crippen molar-refractivity contribution in [1.82, 2.24) is 10.3 Å². The lowest BCUT2D eigenvalue weighted by molar-refractivity contribution is 0.182. The Kier molecular flexibility index (Phi) is 4.46. The largest absolute Gasteiger partial charge is 0.465 e. The van der Waals surface area contributed by atoms with Gasteiger partial charge in [0.1, 0.15) is 0 Å². The third kappa shape index (κ3) is 3.64. The Morgan fingerprint density at radius 2 is 1.92 bits per heavy atom. The summed E-state index contributed by atoms with van der Waals surface area (Å²) < 4.78 is 0. The van der Waals surface area contributed by atoms with Crippen LogP contribution in [0.1, 0.15) is 19.4 Å². The number of carbonyl (C=O) groups is 1. The molecule has 0 atom stereocenters. The molecule has 1 aromatic carbocycles. The number of hydrogen-bond acceptors (Lipinski definition) is 4. The molecule has 0 radical (unpaired) electrons. The van der Waals surface area contributed by atoms with E-state index in [4.69, 9.17) is 10.8 Å². The van der Waals surface area contributed by atoms with Crippen LogP contribution in [0.15, 0.2) is 53.4 Å². The van der Waals surface area contributed by atoms with Crippen LogP contribution >= 0.6 is 11.3 Å². The number of nitrogens with two attached hydrogens (primary N) is 1. The van der Waals surface area contributed by atoms with Gasteiger partial charge in [0.15, 0.2) is 0 Å². The summed E-state index contributed by atoms with van der Waals surface area (Å²) in [7, 11) is 0. The summed E-state index contributed by atoms with van der Waals surface area (Å²) in [6, 6.07) is 11.7. The van der Waals surface area contributed by atoms with Crippen LogP contribution in [0.2, 0.25) is 0 Å². The molecule has 0 aliphatic carbocycles. The second-order valence-electron chi connectivity index (χ2n) is 6.31. The van der Waals surface area contributed by atoms with Crippen LogP contribution in [0, 0.1) is 0 Å². The van der Waals surface area contributed by atoms with Gasteiger partial charge in [-0.05, 0) is 47.9 Å². The number of anilines is 1.